The molecule has 2 N–H and O–H groups in total. The van der Waals surface area contributed by atoms with Crippen LogP contribution in [0.2, 0.25) is 10.0 Å². The Labute approximate surface area is 115 Å². The van der Waals surface area contributed by atoms with Crippen LogP contribution < -0.4 is 5.73 Å². The zero-order chi connectivity index (χ0) is 13.1. The molecule has 2 aromatic carbocycles. The van der Waals surface area contributed by atoms with Crippen LogP contribution in [-0.4, -0.2) is 0 Å². The monoisotopic (exact) mass is 283 g/mol. The maximum Gasteiger partial charge on any atom is 0.145 e. The summed E-state index contributed by atoms with van der Waals surface area (Å²) in [5.74, 6) is -0.406. The van der Waals surface area contributed by atoms with E-state index in [0.717, 1.165) is 5.56 Å². The molecule has 0 saturated heterocycles. The van der Waals surface area contributed by atoms with Crippen molar-refractivity contribution in [1.29, 1.82) is 0 Å². The fraction of sp³-hybridized carbons (Fsp3) is 0.143. The van der Waals surface area contributed by atoms with Gasteiger partial charge in [0.15, 0.2) is 0 Å². The first-order valence-corrected chi connectivity index (χ1v) is 6.27. The average Bonchev–Trinajstić information content (AvgIpc) is 2.35. The molecule has 94 valence electrons. The smallest absolute Gasteiger partial charge is 0.145 e. The first kappa shape index (κ1) is 13.3. The van der Waals surface area contributed by atoms with Crippen molar-refractivity contribution in [2.45, 2.75) is 12.5 Å². The summed E-state index contributed by atoms with van der Waals surface area (Å²) in [6.45, 7) is 0. The van der Waals surface area contributed by atoms with Crippen LogP contribution in [0.4, 0.5) is 4.39 Å². The largest absolute Gasteiger partial charge is 0.324 e. The Morgan fingerprint density at radius 1 is 1.11 bits per heavy atom. The van der Waals surface area contributed by atoms with Crippen LogP contribution in [0.3, 0.4) is 0 Å². The standard InChI is InChI=1S/C14H12Cl2FN/c15-11-5-1-3-9(7-11)13(18)8-10-4-2-6-12(16)14(10)17/h1-7,13H,8,18H2. The van der Waals surface area contributed by atoms with E-state index in [2.05, 4.69) is 0 Å². The van der Waals surface area contributed by atoms with Crippen LogP contribution >= 0.6 is 23.2 Å². The van der Waals surface area contributed by atoms with Crippen LogP contribution in [0.5, 0.6) is 0 Å². The summed E-state index contributed by atoms with van der Waals surface area (Å²) in [6, 6.07) is 11.9. The fourth-order valence-corrected chi connectivity index (χ4v) is 2.19. The topological polar surface area (TPSA) is 26.0 Å². The molecule has 0 aliphatic carbocycles. The Morgan fingerprint density at radius 3 is 2.56 bits per heavy atom. The maximum atomic E-state index is 13.7. The summed E-state index contributed by atoms with van der Waals surface area (Å²) >= 11 is 11.6. The lowest BCUT2D eigenvalue weighted by atomic mass is 9.99. The van der Waals surface area contributed by atoms with Crippen LogP contribution in [0.25, 0.3) is 0 Å². The number of hydrogen-bond donors (Lipinski definition) is 1. The van der Waals surface area contributed by atoms with Crippen molar-refractivity contribution in [2.24, 2.45) is 5.73 Å². The molecule has 0 aliphatic rings. The number of nitrogens with two attached hydrogens (primary N) is 1. The second-order valence-corrected chi connectivity index (χ2v) is 4.92. The first-order chi connectivity index (χ1) is 8.58. The Hall–Kier alpha value is -1.09. The molecule has 4 heteroatoms. The third-order valence-electron chi connectivity index (χ3n) is 2.75. The highest BCUT2D eigenvalue weighted by molar-refractivity contribution is 6.31. The summed E-state index contributed by atoms with van der Waals surface area (Å²) in [5, 5.41) is 0.736. The quantitative estimate of drug-likeness (QED) is 0.889. The molecule has 1 nitrogen and oxygen atoms in total. The molecule has 2 aromatic rings. The zero-order valence-electron chi connectivity index (χ0n) is 9.54. The lowest BCUT2D eigenvalue weighted by Gasteiger charge is -2.13. The van der Waals surface area contributed by atoms with Gasteiger partial charge >= 0.3 is 0 Å². The van der Waals surface area contributed by atoms with Crippen LogP contribution in [-0.2, 0) is 6.42 Å². The van der Waals surface area contributed by atoms with Gasteiger partial charge in [0, 0.05) is 11.1 Å². The van der Waals surface area contributed by atoms with E-state index in [-0.39, 0.29) is 11.1 Å². The van der Waals surface area contributed by atoms with Gasteiger partial charge in [-0.25, -0.2) is 4.39 Å². The van der Waals surface area contributed by atoms with E-state index in [1.165, 1.54) is 6.07 Å². The molecule has 18 heavy (non-hydrogen) atoms. The normalized spacial score (nSPS) is 12.4. The average molecular weight is 284 g/mol. The number of benzene rings is 2. The van der Waals surface area contributed by atoms with Gasteiger partial charge in [0.1, 0.15) is 5.82 Å². The maximum absolute atomic E-state index is 13.7. The highest BCUT2D eigenvalue weighted by atomic mass is 35.5. The fourth-order valence-electron chi connectivity index (χ4n) is 1.80. The van der Waals surface area contributed by atoms with Crippen molar-refractivity contribution in [3.05, 3.63) is 69.5 Å². The SMILES string of the molecule is NC(Cc1cccc(Cl)c1F)c1cccc(Cl)c1. The predicted molar refractivity (Wildman–Crippen MR) is 73.5 cm³/mol. The van der Waals surface area contributed by atoms with Gasteiger partial charge < -0.3 is 5.73 Å². The van der Waals surface area contributed by atoms with Crippen molar-refractivity contribution in [3.63, 3.8) is 0 Å². The number of hydrogen-bond acceptors (Lipinski definition) is 1. The zero-order valence-corrected chi connectivity index (χ0v) is 11.0. The molecule has 0 aromatic heterocycles. The number of rotatable bonds is 3. The Bertz CT molecular complexity index is 557. The molecule has 1 unspecified atom stereocenters. The van der Waals surface area contributed by atoms with Gasteiger partial charge in [0.25, 0.3) is 0 Å². The minimum atomic E-state index is -0.406. The third kappa shape index (κ3) is 3.02. The van der Waals surface area contributed by atoms with Gasteiger partial charge in [-0.3, -0.25) is 0 Å². The van der Waals surface area contributed by atoms with E-state index in [4.69, 9.17) is 28.9 Å². The van der Waals surface area contributed by atoms with Gasteiger partial charge in [-0.05, 0) is 35.7 Å². The van der Waals surface area contributed by atoms with Crippen LogP contribution in [0, 0.1) is 5.82 Å². The van der Waals surface area contributed by atoms with E-state index in [0.29, 0.717) is 17.0 Å². The molecule has 1 atom stereocenters. The van der Waals surface area contributed by atoms with Crippen molar-refractivity contribution in [2.75, 3.05) is 0 Å². The lowest BCUT2D eigenvalue weighted by molar-refractivity contribution is 0.594. The summed E-state index contributed by atoms with van der Waals surface area (Å²) < 4.78 is 13.7. The van der Waals surface area contributed by atoms with Gasteiger partial charge in [-0.15, -0.1) is 0 Å². The van der Waals surface area contributed by atoms with Crippen molar-refractivity contribution >= 4 is 23.2 Å². The summed E-state index contributed by atoms with van der Waals surface area (Å²) in [7, 11) is 0. The van der Waals surface area contributed by atoms with E-state index < -0.39 is 5.82 Å². The molecule has 2 rings (SSSR count). The van der Waals surface area contributed by atoms with Crippen LogP contribution in [0.1, 0.15) is 17.2 Å². The predicted octanol–water partition coefficient (Wildman–Crippen LogP) is 4.38. The molecule has 0 radical (unpaired) electrons. The Kier molecular flexibility index (Phi) is 4.23. The summed E-state index contributed by atoms with van der Waals surface area (Å²) in [5.41, 5.74) is 7.43. The van der Waals surface area contributed by atoms with Crippen molar-refractivity contribution in [3.8, 4) is 0 Å². The minimum absolute atomic E-state index is 0.116. The molecule has 0 aliphatic heterocycles. The minimum Gasteiger partial charge on any atom is -0.324 e. The molecule has 0 spiro atoms. The highest BCUT2D eigenvalue weighted by Crippen LogP contribution is 2.24. The van der Waals surface area contributed by atoms with E-state index >= 15 is 0 Å². The van der Waals surface area contributed by atoms with Gasteiger partial charge in [0.2, 0.25) is 0 Å². The Morgan fingerprint density at radius 2 is 1.83 bits per heavy atom. The summed E-state index contributed by atoms with van der Waals surface area (Å²) in [6.07, 6.45) is 0.382. The lowest BCUT2D eigenvalue weighted by Crippen LogP contribution is -2.14. The molecular weight excluding hydrogens is 272 g/mol. The third-order valence-corrected chi connectivity index (χ3v) is 3.28. The first-order valence-electron chi connectivity index (χ1n) is 5.52. The van der Waals surface area contributed by atoms with E-state index in [1.807, 2.05) is 12.1 Å². The number of halogens is 3. The van der Waals surface area contributed by atoms with E-state index in [9.17, 15) is 4.39 Å². The molecule has 0 fully saturated rings. The second kappa shape index (κ2) is 5.70. The second-order valence-electron chi connectivity index (χ2n) is 4.08. The van der Waals surface area contributed by atoms with Gasteiger partial charge in [-0.1, -0.05) is 47.5 Å². The molecular formula is C14H12Cl2FN. The van der Waals surface area contributed by atoms with E-state index in [1.54, 1.807) is 24.3 Å². The van der Waals surface area contributed by atoms with Gasteiger partial charge in [0.05, 0.1) is 5.02 Å². The van der Waals surface area contributed by atoms with Crippen molar-refractivity contribution in [1.82, 2.24) is 0 Å². The summed E-state index contributed by atoms with van der Waals surface area (Å²) in [4.78, 5) is 0. The molecule has 0 bridgehead atoms. The highest BCUT2D eigenvalue weighted by Gasteiger charge is 2.12. The molecule has 0 saturated carbocycles. The van der Waals surface area contributed by atoms with Crippen molar-refractivity contribution < 1.29 is 4.39 Å². The Balaban J connectivity index is 2.21. The van der Waals surface area contributed by atoms with Gasteiger partial charge in [-0.2, -0.15) is 0 Å². The van der Waals surface area contributed by atoms with Crippen LogP contribution in [0.15, 0.2) is 42.5 Å². The molecule has 0 amide bonds. The molecule has 0 heterocycles.